The summed E-state index contributed by atoms with van der Waals surface area (Å²) < 4.78 is -1.52. The van der Waals surface area contributed by atoms with Crippen molar-refractivity contribution in [3.8, 4) is 6.07 Å². The molecule has 7 nitrogen and oxygen atoms in total. The lowest BCUT2D eigenvalue weighted by molar-refractivity contribution is -0.140. The Bertz CT molecular complexity index is 1540. The molecule has 0 aromatic heterocycles. The predicted octanol–water partition coefficient (Wildman–Crippen LogP) is 4.97. The van der Waals surface area contributed by atoms with Crippen LogP contribution < -0.4 is 11.1 Å². The second kappa shape index (κ2) is 13.7. The van der Waals surface area contributed by atoms with Gasteiger partial charge >= 0.3 is 0 Å². The van der Waals surface area contributed by atoms with Gasteiger partial charge in [-0.15, -0.1) is 11.8 Å². The maximum atomic E-state index is 14.2. The van der Waals surface area contributed by atoms with Crippen LogP contribution >= 0.6 is 11.8 Å². The second-order valence-corrected chi connectivity index (χ2v) is 13.8. The number of nitrogens with two attached hydrogens (primary N) is 1. The number of aliphatic hydroxyl groups is 1. The van der Waals surface area contributed by atoms with Gasteiger partial charge in [0.05, 0.1) is 28.5 Å². The lowest BCUT2D eigenvalue weighted by atomic mass is 9.84. The molecule has 1 fully saturated rings. The maximum absolute atomic E-state index is 14.2. The number of likely N-dealkylation sites (tertiary alicyclic amines) is 1. The van der Waals surface area contributed by atoms with E-state index in [4.69, 9.17) is 11.0 Å². The highest BCUT2D eigenvalue weighted by Gasteiger charge is 2.48. The van der Waals surface area contributed by atoms with Crippen molar-refractivity contribution in [1.29, 1.82) is 5.26 Å². The van der Waals surface area contributed by atoms with Crippen molar-refractivity contribution in [3.05, 3.63) is 143 Å². The molecule has 4 aromatic carbocycles. The number of thioether (sulfide) groups is 1. The first-order valence-corrected chi connectivity index (χ1v) is 15.8. The number of nitrogens with one attached hydrogen (secondary N) is 1. The Kier molecular flexibility index (Phi) is 9.74. The molecule has 45 heavy (non-hydrogen) atoms. The molecule has 8 heteroatoms. The first-order chi connectivity index (χ1) is 21.7. The molecule has 1 aliphatic rings. The lowest BCUT2D eigenvalue weighted by Gasteiger charge is -2.44. The van der Waals surface area contributed by atoms with Crippen molar-refractivity contribution < 1.29 is 14.7 Å². The molecule has 4 aromatic rings. The third kappa shape index (κ3) is 6.81. The molecular formula is C37H38N4O3S. The molecule has 0 bridgehead atoms. The minimum Gasteiger partial charge on any atom is -0.391 e. The number of nitriles is 1. The highest BCUT2D eigenvalue weighted by Crippen LogP contribution is 2.54. The van der Waals surface area contributed by atoms with Crippen molar-refractivity contribution in [2.75, 3.05) is 6.54 Å². The Balaban J connectivity index is 1.43. The SMILES string of the molecule is CC(C)(SC(c1ccccc1)(c1ccccc1)c1ccccc1)[C@H](N)C(=O)N1CC(O)CC1C(=O)NCc1ccc(C#N)cc1. The van der Waals surface area contributed by atoms with Crippen LogP contribution in [-0.4, -0.2) is 51.3 Å². The highest BCUT2D eigenvalue weighted by atomic mass is 32.2. The zero-order chi connectivity index (χ0) is 32.0. The molecule has 2 unspecified atom stereocenters. The topological polar surface area (TPSA) is 119 Å². The highest BCUT2D eigenvalue weighted by molar-refractivity contribution is 8.02. The van der Waals surface area contributed by atoms with E-state index in [1.807, 2.05) is 68.4 Å². The summed E-state index contributed by atoms with van der Waals surface area (Å²) in [4.78, 5) is 28.9. The maximum Gasteiger partial charge on any atom is 0.243 e. The van der Waals surface area contributed by atoms with Crippen LogP contribution in [0.15, 0.2) is 115 Å². The Labute approximate surface area is 269 Å². The number of aliphatic hydroxyl groups excluding tert-OH is 1. The molecule has 1 saturated heterocycles. The molecule has 1 aliphatic heterocycles. The average molecular weight is 619 g/mol. The molecular weight excluding hydrogens is 580 g/mol. The van der Waals surface area contributed by atoms with Crippen LogP contribution in [0.3, 0.4) is 0 Å². The standard InChI is InChI=1S/C37H38N4O3S/c1-36(2,45-37(28-12-6-3-7-13-28,29-14-8-4-9-15-29)30-16-10-5-11-17-30)33(39)35(44)41-25-31(42)22-32(41)34(43)40-24-27-20-18-26(23-38)19-21-27/h3-21,31-33,42H,22,24-25,39H2,1-2H3,(H,40,43)/t31?,32?,33-/m1/s1. The summed E-state index contributed by atoms with van der Waals surface area (Å²) in [6.07, 6.45) is -0.702. The third-order valence-electron chi connectivity index (χ3n) is 8.39. The fourth-order valence-corrected chi connectivity index (χ4v) is 7.72. The smallest absolute Gasteiger partial charge is 0.243 e. The number of hydrogen-bond donors (Lipinski definition) is 3. The quantitative estimate of drug-likeness (QED) is 0.216. The molecule has 0 saturated carbocycles. The van der Waals surface area contributed by atoms with E-state index in [1.54, 1.807) is 36.0 Å². The first-order valence-electron chi connectivity index (χ1n) is 15.0. The molecule has 2 amide bonds. The second-order valence-electron chi connectivity index (χ2n) is 11.9. The van der Waals surface area contributed by atoms with E-state index in [0.717, 1.165) is 22.3 Å². The van der Waals surface area contributed by atoms with E-state index in [9.17, 15) is 14.7 Å². The molecule has 0 spiro atoms. The van der Waals surface area contributed by atoms with Crippen LogP contribution in [0.5, 0.6) is 0 Å². The lowest BCUT2D eigenvalue weighted by Crippen LogP contribution is -2.57. The van der Waals surface area contributed by atoms with Crippen LogP contribution in [0, 0.1) is 11.3 Å². The van der Waals surface area contributed by atoms with Crippen LogP contribution in [0.4, 0.5) is 0 Å². The average Bonchev–Trinajstić information content (AvgIpc) is 3.48. The number of amides is 2. The zero-order valence-electron chi connectivity index (χ0n) is 25.5. The van der Waals surface area contributed by atoms with E-state index in [0.29, 0.717) is 5.56 Å². The van der Waals surface area contributed by atoms with Crippen molar-refractivity contribution in [2.24, 2.45) is 5.73 Å². The number of benzene rings is 4. The van der Waals surface area contributed by atoms with E-state index >= 15 is 0 Å². The van der Waals surface area contributed by atoms with E-state index in [-0.39, 0.29) is 31.3 Å². The molecule has 0 radical (unpaired) electrons. The molecule has 4 N–H and O–H groups in total. The van der Waals surface area contributed by atoms with Gasteiger partial charge in [0.15, 0.2) is 0 Å². The molecule has 5 rings (SSSR count). The van der Waals surface area contributed by atoms with Crippen LogP contribution in [-0.2, 0) is 20.9 Å². The van der Waals surface area contributed by atoms with Gasteiger partial charge in [-0.2, -0.15) is 5.26 Å². The van der Waals surface area contributed by atoms with Crippen molar-refractivity contribution >= 4 is 23.6 Å². The number of nitrogens with zero attached hydrogens (tertiary/aromatic N) is 2. The van der Waals surface area contributed by atoms with Crippen LogP contribution in [0.1, 0.15) is 48.1 Å². The van der Waals surface area contributed by atoms with Gasteiger partial charge in [0.2, 0.25) is 11.8 Å². The monoisotopic (exact) mass is 618 g/mol. The van der Waals surface area contributed by atoms with Gasteiger partial charge in [0.1, 0.15) is 6.04 Å². The number of β-amino-alcohol motifs (C(OH)–C–C–N with tert-alkyl or cyclic N) is 1. The Morgan fingerprint density at radius 2 is 1.40 bits per heavy atom. The summed E-state index contributed by atoms with van der Waals surface area (Å²) in [7, 11) is 0. The summed E-state index contributed by atoms with van der Waals surface area (Å²) in [5, 5.41) is 22.5. The van der Waals surface area contributed by atoms with Gasteiger partial charge in [0, 0.05) is 24.3 Å². The van der Waals surface area contributed by atoms with Gasteiger partial charge in [-0.3, -0.25) is 9.59 Å². The normalized spacial score (nSPS) is 17.4. The minimum absolute atomic E-state index is 0.0312. The number of hydrogen-bond acceptors (Lipinski definition) is 6. The van der Waals surface area contributed by atoms with Gasteiger partial charge in [-0.25, -0.2) is 0 Å². The van der Waals surface area contributed by atoms with E-state index < -0.39 is 27.7 Å². The van der Waals surface area contributed by atoms with Gasteiger partial charge in [-0.05, 0) is 48.2 Å². The summed E-state index contributed by atoms with van der Waals surface area (Å²) in [5.41, 5.74) is 11.4. The van der Waals surface area contributed by atoms with Gasteiger partial charge in [0.25, 0.3) is 0 Å². The summed E-state index contributed by atoms with van der Waals surface area (Å²) in [6.45, 7) is 4.20. The summed E-state index contributed by atoms with van der Waals surface area (Å²) >= 11 is 1.61. The first kappa shape index (κ1) is 32.0. The van der Waals surface area contributed by atoms with Crippen LogP contribution in [0.25, 0.3) is 0 Å². The summed E-state index contributed by atoms with van der Waals surface area (Å²) in [5.74, 6) is -0.736. The number of rotatable bonds is 10. The van der Waals surface area contributed by atoms with Crippen molar-refractivity contribution in [1.82, 2.24) is 10.2 Å². The van der Waals surface area contributed by atoms with Crippen molar-refractivity contribution in [3.63, 3.8) is 0 Å². The van der Waals surface area contributed by atoms with Crippen LogP contribution in [0.2, 0.25) is 0 Å². The molecule has 3 atom stereocenters. The number of carbonyl (C=O) groups excluding carboxylic acids is 2. The number of carbonyl (C=O) groups is 2. The van der Waals surface area contributed by atoms with Gasteiger partial charge in [-0.1, -0.05) is 103 Å². The Morgan fingerprint density at radius 1 is 0.911 bits per heavy atom. The molecule has 230 valence electrons. The van der Waals surface area contributed by atoms with Crippen molar-refractivity contribution in [2.45, 2.75) is 54.5 Å². The molecule has 0 aliphatic carbocycles. The van der Waals surface area contributed by atoms with E-state index in [2.05, 4.69) is 47.8 Å². The predicted molar refractivity (Wildman–Crippen MR) is 178 cm³/mol. The largest absolute Gasteiger partial charge is 0.391 e. The van der Waals surface area contributed by atoms with E-state index in [1.165, 1.54) is 4.90 Å². The van der Waals surface area contributed by atoms with Gasteiger partial charge < -0.3 is 21.1 Å². The third-order valence-corrected chi connectivity index (χ3v) is 10.2. The Morgan fingerprint density at radius 3 is 1.87 bits per heavy atom. The fourth-order valence-electron chi connectivity index (χ4n) is 5.94. The summed E-state index contributed by atoms with van der Waals surface area (Å²) in [6, 6.07) is 37.8. The fraction of sp³-hybridized carbons (Fsp3) is 0.270. The zero-order valence-corrected chi connectivity index (χ0v) is 26.3. The minimum atomic E-state index is -0.989. The Hall–Kier alpha value is -4.42. The molecule has 1 heterocycles.